The van der Waals surface area contributed by atoms with Crippen molar-refractivity contribution in [3.63, 3.8) is 0 Å². The fourth-order valence-electron chi connectivity index (χ4n) is 1.90. The molecule has 0 aliphatic carbocycles. The van der Waals surface area contributed by atoms with E-state index in [1.54, 1.807) is 11.3 Å². The van der Waals surface area contributed by atoms with Crippen LogP contribution in [0.3, 0.4) is 0 Å². The predicted octanol–water partition coefficient (Wildman–Crippen LogP) is 3.52. The molecular formula is C13H17NOS. The van der Waals surface area contributed by atoms with Gasteiger partial charge in [0.05, 0.1) is 0 Å². The Kier molecular flexibility index (Phi) is 3.46. The number of nitrogens with one attached hydrogen (secondary N) is 1. The third kappa shape index (κ3) is 2.06. The van der Waals surface area contributed by atoms with Crippen LogP contribution < -0.4 is 5.32 Å². The van der Waals surface area contributed by atoms with Crippen LogP contribution in [0.15, 0.2) is 28.0 Å². The summed E-state index contributed by atoms with van der Waals surface area (Å²) in [6.45, 7) is 4.16. The van der Waals surface area contributed by atoms with Gasteiger partial charge in [-0.05, 0) is 49.5 Å². The molecule has 0 radical (unpaired) electrons. The molecule has 0 fully saturated rings. The monoisotopic (exact) mass is 235 g/mol. The lowest BCUT2D eigenvalue weighted by atomic mass is 10.1. The number of hydrogen-bond acceptors (Lipinski definition) is 3. The minimum atomic E-state index is 0.184. The molecule has 2 nitrogen and oxygen atoms in total. The second-order valence-electron chi connectivity index (χ2n) is 3.83. The molecule has 0 saturated heterocycles. The topological polar surface area (TPSA) is 25.2 Å². The molecule has 0 spiro atoms. The first-order valence-electron chi connectivity index (χ1n) is 5.56. The van der Waals surface area contributed by atoms with Crippen molar-refractivity contribution in [1.29, 1.82) is 0 Å². The summed E-state index contributed by atoms with van der Waals surface area (Å²) in [7, 11) is 1.97. The fraction of sp³-hybridized carbons (Fsp3) is 0.385. The van der Waals surface area contributed by atoms with Crippen molar-refractivity contribution in [2.45, 2.75) is 26.3 Å². The van der Waals surface area contributed by atoms with Gasteiger partial charge in [-0.15, -0.1) is 11.3 Å². The van der Waals surface area contributed by atoms with E-state index in [0.29, 0.717) is 0 Å². The molecule has 3 heteroatoms. The standard InChI is InChI=1S/C13H17NOS/c1-4-10-7-8-16-13(10)12(14-3)11-6-5-9(2)15-11/h5-8,12,14H,4H2,1-3H3. The fourth-order valence-corrected chi connectivity index (χ4v) is 3.02. The lowest BCUT2D eigenvalue weighted by Gasteiger charge is -2.13. The van der Waals surface area contributed by atoms with E-state index in [9.17, 15) is 0 Å². The Morgan fingerprint density at radius 3 is 2.75 bits per heavy atom. The Morgan fingerprint density at radius 1 is 1.38 bits per heavy atom. The molecule has 0 aromatic carbocycles. The molecule has 86 valence electrons. The Hall–Kier alpha value is -1.06. The highest BCUT2D eigenvalue weighted by Crippen LogP contribution is 2.30. The van der Waals surface area contributed by atoms with Gasteiger partial charge >= 0.3 is 0 Å². The van der Waals surface area contributed by atoms with Gasteiger partial charge in [0.1, 0.15) is 17.6 Å². The van der Waals surface area contributed by atoms with Crippen molar-refractivity contribution in [3.05, 3.63) is 45.5 Å². The highest BCUT2D eigenvalue weighted by molar-refractivity contribution is 7.10. The molecule has 2 heterocycles. The van der Waals surface area contributed by atoms with Crippen LogP contribution in [0.4, 0.5) is 0 Å². The molecule has 2 rings (SSSR count). The van der Waals surface area contributed by atoms with Crippen molar-refractivity contribution < 1.29 is 4.42 Å². The Morgan fingerprint density at radius 2 is 2.19 bits per heavy atom. The zero-order valence-corrected chi connectivity index (χ0v) is 10.7. The van der Waals surface area contributed by atoms with Crippen molar-refractivity contribution in [1.82, 2.24) is 5.32 Å². The van der Waals surface area contributed by atoms with E-state index < -0.39 is 0 Å². The molecule has 0 bridgehead atoms. The SMILES string of the molecule is CCc1ccsc1C(NC)c1ccc(C)o1. The zero-order chi connectivity index (χ0) is 11.5. The summed E-state index contributed by atoms with van der Waals surface area (Å²) in [5.41, 5.74) is 1.40. The van der Waals surface area contributed by atoms with Gasteiger partial charge in [-0.25, -0.2) is 0 Å². The zero-order valence-electron chi connectivity index (χ0n) is 9.91. The lowest BCUT2D eigenvalue weighted by molar-refractivity contribution is 0.445. The largest absolute Gasteiger partial charge is 0.464 e. The minimum absolute atomic E-state index is 0.184. The molecule has 0 aliphatic rings. The van der Waals surface area contributed by atoms with E-state index in [4.69, 9.17) is 4.42 Å². The molecule has 1 unspecified atom stereocenters. The summed E-state index contributed by atoms with van der Waals surface area (Å²) >= 11 is 1.79. The molecule has 1 N–H and O–H groups in total. The Labute approximate surface area is 100 Å². The third-order valence-electron chi connectivity index (χ3n) is 2.76. The van der Waals surface area contributed by atoms with Crippen molar-refractivity contribution in [3.8, 4) is 0 Å². The molecule has 2 aromatic heterocycles. The van der Waals surface area contributed by atoms with E-state index in [-0.39, 0.29) is 6.04 Å². The second kappa shape index (κ2) is 4.85. The molecular weight excluding hydrogens is 218 g/mol. The summed E-state index contributed by atoms with van der Waals surface area (Å²) < 4.78 is 5.70. The Balaban J connectivity index is 2.36. The van der Waals surface area contributed by atoms with Crippen LogP contribution >= 0.6 is 11.3 Å². The van der Waals surface area contributed by atoms with Crippen LogP contribution in [0.1, 0.15) is 34.9 Å². The van der Waals surface area contributed by atoms with Crippen LogP contribution in [-0.2, 0) is 6.42 Å². The van der Waals surface area contributed by atoms with Crippen LogP contribution in [-0.4, -0.2) is 7.05 Å². The third-order valence-corrected chi connectivity index (χ3v) is 3.78. The maximum atomic E-state index is 5.70. The average molecular weight is 235 g/mol. The molecule has 0 amide bonds. The Bertz CT molecular complexity index is 458. The summed E-state index contributed by atoms with van der Waals surface area (Å²) in [6, 6.07) is 6.44. The first-order valence-corrected chi connectivity index (χ1v) is 6.44. The maximum Gasteiger partial charge on any atom is 0.126 e. The van der Waals surface area contributed by atoms with Crippen molar-refractivity contribution in [2.75, 3.05) is 7.05 Å². The molecule has 16 heavy (non-hydrogen) atoms. The van der Waals surface area contributed by atoms with Crippen LogP contribution in [0.2, 0.25) is 0 Å². The summed E-state index contributed by atoms with van der Waals surface area (Å²) in [5.74, 6) is 1.96. The van der Waals surface area contributed by atoms with Gasteiger partial charge in [0.15, 0.2) is 0 Å². The van der Waals surface area contributed by atoms with E-state index in [1.807, 2.05) is 20.0 Å². The van der Waals surface area contributed by atoms with Crippen molar-refractivity contribution >= 4 is 11.3 Å². The second-order valence-corrected chi connectivity index (χ2v) is 4.78. The van der Waals surface area contributed by atoms with Gasteiger partial charge < -0.3 is 9.73 Å². The molecule has 0 aliphatic heterocycles. The van der Waals surface area contributed by atoms with Crippen LogP contribution in [0.25, 0.3) is 0 Å². The first kappa shape index (κ1) is 11.4. The predicted molar refractivity (Wildman–Crippen MR) is 68.0 cm³/mol. The van der Waals surface area contributed by atoms with Gasteiger partial charge in [0, 0.05) is 4.88 Å². The summed E-state index contributed by atoms with van der Waals surface area (Å²) in [6.07, 6.45) is 1.07. The van der Waals surface area contributed by atoms with Gasteiger partial charge in [-0.2, -0.15) is 0 Å². The highest BCUT2D eigenvalue weighted by atomic mass is 32.1. The van der Waals surface area contributed by atoms with Crippen LogP contribution in [0, 0.1) is 6.92 Å². The van der Waals surface area contributed by atoms with E-state index >= 15 is 0 Å². The summed E-state index contributed by atoms with van der Waals surface area (Å²) in [5, 5.41) is 5.47. The van der Waals surface area contributed by atoms with Gasteiger partial charge in [-0.3, -0.25) is 0 Å². The van der Waals surface area contributed by atoms with E-state index in [1.165, 1.54) is 10.4 Å². The minimum Gasteiger partial charge on any atom is -0.464 e. The number of rotatable bonds is 4. The summed E-state index contributed by atoms with van der Waals surface area (Å²) in [4.78, 5) is 1.36. The normalized spacial score (nSPS) is 12.9. The number of hydrogen-bond donors (Lipinski definition) is 1. The highest BCUT2D eigenvalue weighted by Gasteiger charge is 2.19. The lowest BCUT2D eigenvalue weighted by Crippen LogP contribution is -2.17. The first-order chi connectivity index (χ1) is 7.76. The number of furan rings is 1. The molecule has 2 aromatic rings. The number of aryl methyl sites for hydroxylation is 2. The number of thiophene rings is 1. The quantitative estimate of drug-likeness (QED) is 0.877. The molecule has 1 atom stereocenters. The van der Waals surface area contributed by atoms with Gasteiger partial charge in [0.25, 0.3) is 0 Å². The molecule has 0 saturated carbocycles. The van der Waals surface area contributed by atoms with Crippen molar-refractivity contribution in [2.24, 2.45) is 0 Å². The average Bonchev–Trinajstić information content (AvgIpc) is 2.89. The smallest absolute Gasteiger partial charge is 0.126 e. The van der Waals surface area contributed by atoms with Gasteiger partial charge in [0.2, 0.25) is 0 Å². The van der Waals surface area contributed by atoms with Gasteiger partial charge in [-0.1, -0.05) is 6.92 Å². The van der Waals surface area contributed by atoms with Crippen LogP contribution in [0.5, 0.6) is 0 Å². The van der Waals surface area contributed by atoms with E-state index in [0.717, 1.165) is 17.9 Å². The maximum absolute atomic E-state index is 5.70. The van der Waals surface area contributed by atoms with E-state index in [2.05, 4.69) is 29.8 Å².